The highest BCUT2D eigenvalue weighted by Crippen LogP contribution is 2.28. The zero-order chi connectivity index (χ0) is 14.2. The van der Waals surface area contributed by atoms with Gasteiger partial charge in [0.25, 0.3) is 0 Å². The molecule has 0 bridgehead atoms. The van der Waals surface area contributed by atoms with E-state index in [2.05, 4.69) is 10.3 Å². The first-order valence-electron chi connectivity index (χ1n) is 5.23. The predicted molar refractivity (Wildman–Crippen MR) is 62.9 cm³/mol. The molecule has 7 heteroatoms. The molecule has 2 rings (SSSR count). The van der Waals surface area contributed by atoms with E-state index in [0.717, 1.165) is 0 Å². The monoisotopic (exact) mass is 271 g/mol. The van der Waals surface area contributed by atoms with E-state index >= 15 is 0 Å². The number of halogens is 4. The summed E-state index contributed by atoms with van der Waals surface area (Å²) in [5.74, 6) is -6.17. The molecule has 0 aliphatic heterocycles. The maximum absolute atomic E-state index is 13.4. The number of benzene rings is 1. The van der Waals surface area contributed by atoms with Gasteiger partial charge in [0.2, 0.25) is 0 Å². The molecule has 1 aromatic heterocycles. The highest BCUT2D eigenvalue weighted by Gasteiger charge is 2.20. The molecule has 0 radical (unpaired) electrons. The van der Waals surface area contributed by atoms with Crippen LogP contribution in [-0.2, 0) is 0 Å². The number of nitrogens with two attached hydrogens (primary N) is 1. The first-order chi connectivity index (χ1) is 8.90. The van der Waals surface area contributed by atoms with Gasteiger partial charge in [0.1, 0.15) is 5.69 Å². The molecule has 100 valence electrons. The first kappa shape index (κ1) is 13.1. The minimum absolute atomic E-state index is 0.0807. The highest BCUT2D eigenvalue weighted by atomic mass is 19.2. The van der Waals surface area contributed by atoms with Crippen LogP contribution in [0.3, 0.4) is 0 Å². The number of hydrogen-bond donors (Lipinski definition) is 2. The minimum Gasteiger partial charge on any atom is -0.396 e. The van der Waals surface area contributed by atoms with Gasteiger partial charge in [-0.1, -0.05) is 0 Å². The SMILES string of the molecule is Cc1ccc(N)c(Nc2c(F)c(F)cc(F)c2F)n1. The number of anilines is 3. The molecule has 0 saturated carbocycles. The van der Waals surface area contributed by atoms with Crippen molar-refractivity contribution in [3.05, 3.63) is 47.2 Å². The molecule has 1 heterocycles. The van der Waals surface area contributed by atoms with Crippen LogP contribution in [0.4, 0.5) is 34.8 Å². The van der Waals surface area contributed by atoms with Crippen LogP contribution in [0.15, 0.2) is 18.2 Å². The second kappa shape index (κ2) is 4.75. The number of aromatic nitrogens is 1. The normalized spacial score (nSPS) is 10.6. The zero-order valence-corrected chi connectivity index (χ0v) is 9.77. The van der Waals surface area contributed by atoms with Crippen molar-refractivity contribution in [1.82, 2.24) is 4.98 Å². The van der Waals surface area contributed by atoms with Crippen molar-refractivity contribution in [2.45, 2.75) is 6.92 Å². The number of aryl methyl sites for hydroxylation is 1. The van der Waals surface area contributed by atoms with Crippen LogP contribution < -0.4 is 11.1 Å². The largest absolute Gasteiger partial charge is 0.396 e. The summed E-state index contributed by atoms with van der Waals surface area (Å²) >= 11 is 0. The van der Waals surface area contributed by atoms with Gasteiger partial charge in [-0.25, -0.2) is 22.5 Å². The Morgan fingerprint density at radius 2 is 1.63 bits per heavy atom. The van der Waals surface area contributed by atoms with Gasteiger partial charge in [-0.2, -0.15) is 0 Å². The summed E-state index contributed by atoms with van der Waals surface area (Å²) in [7, 11) is 0. The zero-order valence-electron chi connectivity index (χ0n) is 9.77. The van der Waals surface area contributed by atoms with E-state index in [1.54, 1.807) is 13.0 Å². The lowest BCUT2D eigenvalue weighted by Gasteiger charge is -2.11. The van der Waals surface area contributed by atoms with Crippen LogP contribution in [0.2, 0.25) is 0 Å². The molecular weight excluding hydrogens is 262 g/mol. The molecule has 2 aromatic rings. The van der Waals surface area contributed by atoms with Crippen molar-refractivity contribution in [3.8, 4) is 0 Å². The standard InChI is InChI=1S/C12H9F4N3/c1-5-2-3-8(17)12(18-5)19-11-9(15)6(13)4-7(14)10(11)16/h2-4H,17H2,1H3,(H,18,19). The summed E-state index contributed by atoms with van der Waals surface area (Å²) in [4.78, 5) is 3.90. The van der Waals surface area contributed by atoms with Gasteiger partial charge in [0.15, 0.2) is 29.1 Å². The third kappa shape index (κ3) is 2.44. The summed E-state index contributed by atoms with van der Waals surface area (Å²) < 4.78 is 53.0. The van der Waals surface area contributed by atoms with Gasteiger partial charge in [-0.15, -0.1) is 0 Å². The minimum atomic E-state index is -1.54. The third-order valence-corrected chi connectivity index (χ3v) is 2.42. The molecule has 3 N–H and O–H groups in total. The van der Waals surface area contributed by atoms with Gasteiger partial charge in [-0.05, 0) is 19.1 Å². The topological polar surface area (TPSA) is 50.9 Å². The van der Waals surface area contributed by atoms with E-state index < -0.39 is 29.0 Å². The maximum Gasteiger partial charge on any atom is 0.185 e. The van der Waals surface area contributed by atoms with Crippen LogP contribution in [0.25, 0.3) is 0 Å². The van der Waals surface area contributed by atoms with Crippen LogP contribution in [0.1, 0.15) is 5.69 Å². The van der Waals surface area contributed by atoms with Crippen molar-refractivity contribution < 1.29 is 17.6 Å². The van der Waals surface area contributed by atoms with Gasteiger partial charge < -0.3 is 11.1 Å². The Hall–Kier alpha value is -2.31. The lowest BCUT2D eigenvalue weighted by Crippen LogP contribution is -2.06. The van der Waals surface area contributed by atoms with Crippen LogP contribution in [-0.4, -0.2) is 4.98 Å². The van der Waals surface area contributed by atoms with E-state index in [0.29, 0.717) is 5.69 Å². The molecular formula is C12H9F4N3. The Bertz CT molecular complexity index is 617. The third-order valence-electron chi connectivity index (χ3n) is 2.42. The predicted octanol–water partition coefficient (Wildman–Crippen LogP) is 3.27. The van der Waals surface area contributed by atoms with E-state index in [1.165, 1.54) is 6.07 Å². The lowest BCUT2D eigenvalue weighted by molar-refractivity contribution is 0.459. The smallest absolute Gasteiger partial charge is 0.185 e. The van der Waals surface area contributed by atoms with Crippen molar-refractivity contribution in [2.24, 2.45) is 0 Å². The van der Waals surface area contributed by atoms with Crippen molar-refractivity contribution in [3.63, 3.8) is 0 Å². The summed E-state index contributed by atoms with van der Waals surface area (Å²) in [6.07, 6.45) is 0. The second-order valence-corrected chi connectivity index (χ2v) is 3.86. The molecule has 0 aliphatic carbocycles. The fourth-order valence-electron chi connectivity index (χ4n) is 1.47. The Morgan fingerprint density at radius 3 is 2.21 bits per heavy atom. The van der Waals surface area contributed by atoms with Gasteiger partial charge in [0, 0.05) is 11.8 Å². The second-order valence-electron chi connectivity index (χ2n) is 3.86. The van der Waals surface area contributed by atoms with Gasteiger partial charge in [0.05, 0.1) is 5.69 Å². The molecule has 3 nitrogen and oxygen atoms in total. The molecule has 0 atom stereocenters. The number of nitrogens with one attached hydrogen (secondary N) is 1. The van der Waals surface area contributed by atoms with Crippen molar-refractivity contribution in [2.75, 3.05) is 11.1 Å². The first-order valence-corrected chi connectivity index (χ1v) is 5.23. The molecule has 0 unspecified atom stereocenters. The molecule has 0 fully saturated rings. The molecule has 1 aromatic carbocycles. The summed E-state index contributed by atoms with van der Waals surface area (Å²) in [5.41, 5.74) is 5.20. The van der Waals surface area contributed by atoms with E-state index in [1.807, 2.05) is 0 Å². The number of nitrogen functional groups attached to an aromatic ring is 1. The quantitative estimate of drug-likeness (QED) is 0.651. The van der Waals surface area contributed by atoms with Gasteiger partial charge in [-0.3, -0.25) is 0 Å². The fourth-order valence-corrected chi connectivity index (χ4v) is 1.47. The molecule has 0 amide bonds. The van der Waals surface area contributed by atoms with E-state index in [-0.39, 0.29) is 17.6 Å². The van der Waals surface area contributed by atoms with Crippen molar-refractivity contribution in [1.29, 1.82) is 0 Å². The fraction of sp³-hybridized carbons (Fsp3) is 0.0833. The average Bonchev–Trinajstić information content (AvgIpc) is 2.36. The van der Waals surface area contributed by atoms with Gasteiger partial charge >= 0.3 is 0 Å². The number of hydrogen-bond acceptors (Lipinski definition) is 3. The number of pyridine rings is 1. The average molecular weight is 271 g/mol. The lowest BCUT2D eigenvalue weighted by atomic mass is 10.2. The highest BCUT2D eigenvalue weighted by molar-refractivity contribution is 5.69. The number of rotatable bonds is 2. The Morgan fingerprint density at radius 1 is 1.05 bits per heavy atom. The molecule has 0 spiro atoms. The molecule has 19 heavy (non-hydrogen) atoms. The summed E-state index contributed by atoms with van der Waals surface area (Å²) in [6, 6.07) is 3.17. The van der Waals surface area contributed by atoms with Crippen LogP contribution in [0.5, 0.6) is 0 Å². The number of nitrogens with zero attached hydrogens (tertiary/aromatic N) is 1. The Balaban J connectivity index is 2.52. The Kier molecular flexibility index (Phi) is 3.28. The molecule has 0 saturated heterocycles. The van der Waals surface area contributed by atoms with Crippen LogP contribution in [0, 0.1) is 30.2 Å². The van der Waals surface area contributed by atoms with E-state index in [4.69, 9.17) is 5.73 Å². The Labute approximate surface area is 106 Å². The van der Waals surface area contributed by atoms with E-state index in [9.17, 15) is 17.6 Å². The summed E-state index contributed by atoms with van der Waals surface area (Å²) in [6.45, 7) is 1.63. The van der Waals surface area contributed by atoms with Crippen LogP contribution >= 0.6 is 0 Å². The molecule has 0 aliphatic rings. The van der Waals surface area contributed by atoms with Crippen molar-refractivity contribution >= 4 is 17.2 Å². The maximum atomic E-state index is 13.4. The summed E-state index contributed by atoms with van der Waals surface area (Å²) in [5, 5.41) is 2.17.